The van der Waals surface area contributed by atoms with Gasteiger partial charge in [-0.25, -0.2) is 14.3 Å². The molecule has 9 nitrogen and oxygen atoms in total. The van der Waals surface area contributed by atoms with E-state index in [0.717, 1.165) is 15.5 Å². The highest BCUT2D eigenvalue weighted by atomic mass is 19.4. The lowest BCUT2D eigenvalue weighted by Gasteiger charge is -2.25. The van der Waals surface area contributed by atoms with E-state index in [2.05, 4.69) is 15.4 Å². The molecule has 0 saturated carbocycles. The highest BCUT2D eigenvalue weighted by Crippen LogP contribution is 2.34. The van der Waals surface area contributed by atoms with Crippen LogP contribution in [0.1, 0.15) is 42.9 Å². The molecule has 2 aromatic heterocycles. The summed E-state index contributed by atoms with van der Waals surface area (Å²) in [6.45, 7) is 1.50. The van der Waals surface area contributed by atoms with Crippen molar-refractivity contribution in [3.8, 4) is 0 Å². The van der Waals surface area contributed by atoms with Crippen molar-refractivity contribution in [2.45, 2.75) is 38.4 Å². The first-order chi connectivity index (χ1) is 14.2. The number of likely N-dealkylation sites (tertiary alicyclic amines) is 1. The number of amides is 4. The van der Waals surface area contributed by atoms with Crippen LogP contribution in [0.2, 0.25) is 0 Å². The molecule has 1 atom stereocenters. The van der Waals surface area contributed by atoms with E-state index in [4.69, 9.17) is 0 Å². The van der Waals surface area contributed by atoms with Crippen LogP contribution in [0.15, 0.2) is 12.1 Å². The molecule has 12 heteroatoms. The monoisotopic (exact) mass is 424 g/mol. The zero-order valence-corrected chi connectivity index (χ0v) is 16.1. The highest BCUT2D eigenvalue weighted by molar-refractivity contribution is 6.04. The van der Waals surface area contributed by atoms with Gasteiger partial charge in [-0.05, 0) is 25.3 Å². The zero-order chi connectivity index (χ0) is 21.6. The first kappa shape index (κ1) is 20.1. The Balaban J connectivity index is 1.65. The SMILES string of the molecule is CCc1cc(C(F)(F)F)n2nc([C@@H]3CCCN3C(=O)CN3C(=O)CNC3=O)cc2n1. The molecule has 0 spiro atoms. The van der Waals surface area contributed by atoms with Gasteiger partial charge in [0.25, 0.3) is 5.91 Å². The van der Waals surface area contributed by atoms with Gasteiger partial charge in [-0.2, -0.15) is 18.3 Å². The second-order valence-electron chi connectivity index (χ2n) is 7.21. The van der Waals surface area contributed by atoms with Gasteiger partial charge in [-0.1, -0.05) is 6.92 Å². The fourth-order valence-corrected chi connectivity index (χ4v) is 3.80. The Morgan fingerprint density at radius 3 is 2.70 bits per heavy atom. The lowest BCUT2D eigenvalue weighted by atomic mass is 10.1. The molecule has 4 rings (SSSR count). The standard InChI is InChI=1S/C18H19F3N6O3/c1-2-10-6-13(18(19,20)21)27-14(23-10)7-11(24-27)12-4-3-5-25(12)16(29)9-26-15(28)8-22-17(26)30/h6-7,12H,2-5,8-9H2,1H3,(H,22,30)/t12-/m0/s1. The number of carbonyl (C=O) groups is 3. The van der Waals surface area contributed by atoms with Gasteiger partial charge >= 0.3 is 12.2 Å². The molecule has 0 bridgehead atoms. The van der Waals surface area contributed by atoms with E-state index in [0.29, 0.717) is 37.2 Å². The van der Waals surface area contributed by atoms with Crippen molar-refractivity contribution >= 4 is 23.5 Å². The van der Waals surface area contributed by atoms with Crippen molar-refractivity contribution in [3.05, 3.63) is 29.2 Å². The molecular formula is C18H19F3N6O3. The quantitative estimate of drug-likeness (QED) is 0.751. The van der Waals surface area contributed by atoms with Gasteiger partial charge in [0.2, 0.25) is 5.91 Å². The normalized spacial score (nSPS) is 19.8. The smallest absolute Gasteiger partial charge is 0.332 e. The number of urea groups is 1. The van der Waals surface area contributed by atoms with E-state index in [1.54, 1.807) is 6.92 Å². The zero-order valence-electron chi connectivity index (χ0n) is 16.1. The number of alkyl halides is 3. The summed E-state index contributed by atoms with van der Waals surface area (Å²) in [6.07, 6.45) is -3.13. The number of carbonyl (C=O) groups excluding carboxylic acids is 3. The van der Waals surface area contributed by atoms with Crippen molar-refractivity contribution in [2.24, 2.45) is 0 Å². The van der Waals surface area contributed by atoms with E-state index in [1.807, 2.05) is 0 Å². The number of hydrogen-bond acceptors (Lipinski definition) is 5. The van der Waals surface area contributed by atoms with Crippen LogP contribution in [-0.4, -0.2) is 61.9 Å². The van der Waals surface area contributed by atoms with Crippen LogP contribution in [0.4, 0.5) is 18.0 Å². The Morgan fingerprint density at radius 2 is 2.07 bits per heavy atom. The molecule has 4 amide bonds. The van der Waals surface area contributed by atoms with Crippen molar-refractivity contribution < 1.29 is 27.6 Å². The predicted octanol–water partition coefficient (Wildman–Crippen LogP) is 1.53. The summed E-state index contributed by atoms with van der Waals surface area (Å²) in [6, 6.07) is 1.24. The molecule has 0 aromatic carbocycles. The number of aromatic nitrogens is 3. The molecule has 2 fully saturated rings. The maximum Gasteiger partial charge on any atom is 0.433 e. The minimum Gasteiger partial charge on any atom is -0.332 e. The number of imide groups is 1. The molecule has 0 radical (unpaired) electrons. The Morgan fingerprint density at radius 1 is 1.30 bits per heavy atom. The number of nitrogens with one attached hydrogen (secondary N) is 1. The second kappa shape index (κ2) is 7.26. The van der Waals surface area contributed by atoms with Gasteiger partial charge in [0.05, 0.1) is 18.3 Å². The summed E-state index contributed by atoms with van der Waals surface area (Å²) in [5.74, 6) is -0.957. The van der Waals surface area contributed by atoms with Gasteiger partial charge in [-0.15, -0.1) is 0 Å². The minimum atomic E-state index is -4.61. The van der Waals surface area contributed by atoms with Crippen LogP contribution < -0.4 is 5.32 Å². The van der Waals surface area contributed by atoms with Crippen LogP contribution >= 0.6 is 0 Å². The number of hydrogen-bond donors (Lipinski definition) is 1. The largest absolute Gasteiger partial charge is 0.433 e. The molecule has 0 aliphatic carbocycles. The highest BCUT2D eigenvalue weighted by Gasteiger charge is 2.38. The molecule has 160 valence electrons. The third-order valence-electron chi connectivity index (χ3n) is 5.30. The first-order valence-corrected chi connectivity index (χ1v) is 9.53. The van der Waals surface area contributed by atoms with Crippen LogP contribution in [0.3, 0.4) is 0 Å². The number of aryl methyl sites for hydroxylation is 1. The van der Waals surface area contributed by atoms with Crippen molar-refractivity contribution in [2.75, 3.05) is 19.6 Å². The average Bonchev–Trinajstić information content (AvgIpc) is 3.40. The van der Waals surface area contributed by atoms with Gasteiger partial charge in [0.15, 0.2) is 5.65 Å². The van der Waals surface area contributed by atoms with E-state index in [-0.39, 0.29) is 12.2 Å². The van der Waals surface area contributed by atoms with E-state index < -0.39 is 42.3 Å². The molecule has 1 N–H and O–H groups in total. The van der Waals surface area contributed by atoms with E-state index in [1.165, 1.54) is 11.0 Å². The summed E-state index contributed by atoms with van der Waals surface area (Å²) in [7, 11) is 0. The summed E-state index contributed by atoms with van der Waals surface area (Å²) in [5, 5.41) is 6.45. The first-order valence-electron chi connectivity index (χ1n) is 9.53. The summed E-state index contributed by atoms with van der Waals surface area (Å²) >= 11 is 0. The van der Waals surface area contributed by atoms with Crippen molar-refractivity contribution in [1.29, 1.82) is 0 Å². The maximum absolute atomic E-state index is 13.5. The molecule has 2 saturated heterocycles. The maximum atomic E-state index is 13.5. The minimum absolute atomic E-state index is 0.0603. The number of rotatable bonds is 4. The Kier molecular flexibility index (Phi) is 4.86. The van der Waals surface area contributed by atoms with Gasteiger partial charge in [0.1, 0.15) is 12.2 Å². The number of fused-ring (bicyclic) bond motifs is 1. The third kappa shape index (κ3) is 3.46. The van der Waals surface area contributed by atoms with Crippen molar-refractivity contribution in [1.82, 2.24) is 29.7 Å². The van der Waals surface area contributed by atoms with Crippen LogP contribution in [0.5, 0.6) is 0 Å². The Labute approximate surface area is 168 Å². The number of halogens is 3. The fourth-order valence-electron chi connectivity index (χ4n) is 3.80. The van der Waals surface area contributed by atoms with Gasteiger partial charge in [-0.3, -0.25) is 14.5 Å². The lowest BCUT2D eigenvalue weighted by molar-refractivity contribution is -0.142. The summed E-state index contributed by atoms with van der Waals surface area (Å²) in [5.41, 5.74) is -0.278. The Bertz CT molecular complexity index is 1020. The molecular weight excluding hydrogens is 405 g/mol. The third-order valence-corrected chi connectivity index (χ3v) is 5.30. The molecule has 4 heterocycles. The van der Waals surface area contributed by atoms with Gasteiger partial charge < -0.3 is 10.2 Å². The molecule has 2 aliphatic heterocycles. The lowest BCUT2D eigenvalue weighted by Crippen LogP contribution is -2.42. The molecule has 2 aliphatic rings. The summed E-state index contributed by atoms with van der Waals surface area (Å²) in [4.78, 5) is 42.7. The van der Waals surface area contributed by atoms with Crippen LogP contribution in [0.25, 0.3) is 5.65 Å². The summed E-state index contributed by atoms with van der Waals surface area (Å²) < 4.78 is 41.3. The van der Waals surface area contributed by atoms with Crippen LogP contribution in [-0.2, 0) is 22.2 Å². The van der Waals surface area contributed by atoms with E-state index in [9.17, 15) is 27.6 Å². The van der Waals surface area contributed by atoms with E-state index >= 15 is 0 Å². The predicted molar refractivity (Wildman–Crippen MR) is 96.2 cm³/mol. The fraction of sp³-hybridized carbons (Fsp3) is 0.500. The molecule has 30 heavy (non-hydrogen) atoms. The van der Waals surface area contributed by atoms with Crippen LogP contribution in [0, 0.1) is 0 Å². The topological polar surface area (TPSA) is 99.9 Å². The molecule has 0 unspecified atom stereocenters. The van der Waals surface area contributed by atoms with Gasteiger partial charge in [0, 0.05) is 18.3 Å². The average molecular weight is 424 g/mol. The second-order valence-corrected chi connectivity index (χ2v) is 7.21. The molecule has 2 aromatic rings. The number of nitrogens with zero attached hydrogens (tertiary/aromatic N) is 5. The van der Waals surface area contributed by atoms with Crippen molar-refractivity contribution in [3.63, 3.8) is 0 Å². The Hall–Kier alpha value is -3.18.